The molecular formula is C25H42O4. The number of carbonyl (C=O) groups is 1. The van der Waals surface area contributed by atoms with E-state index in [2.05, 4.69) is 6.92 Å². The summed E-state index contributed by atoms with van der Waals surface area (Å²) in [5.74, 6) is -0.775. The van der Waals surface area contributed by atoms with Crippen molar-refractivity contribution < 1.29 is 19.7 Å². The van der Waals surface area contributed by atoms with Crippen LogP contribution in [0.1, 0.15) is 102 Å². The van der Waals surface area contributed by atoms with Crippen LogP contribution in [0, 0.1) is 0 Å². The molecule has 0 heterocycles. The molecule has 29 heavy (non-hydrogen) atoms. The Labute approximate surface area is 177 Å². The average Bonchev–Trinajstić information content (AvgIpc) is 2.72. The predicted molar refractivity (Wildman–Crippen MR) is 119 cm³/mol. The highest BCUT2D eigenvalue weighted by Gasteiger charge is 2.12. The molecule has 0 fully saturated rings. The maximum Gasteiger partial charge on any atom is 0.303 e. The molecule has 4 heteroatoms. The molecule has 166 valence electrons. The van der Waals surface area contributed by atoms with Crippen molar-refractivity contribution in [3.05, 3.63) is 35.9 Å². The molecule has 0 saturated heterocycles. The van der Waals surface area contributed by atoms with E-state index in [0.717, 1.165) is 44.1 Å². The first kappa shape index (κ1) is 25.6. The highest BCUT2D eigenvalue weighted by Crippen LogP contribution is 2.17. The Morgan fingerprint density at radius 3 is 2.10 bits per heavy atom. The van der Waals surface area contributed by atoms with Gasteiger partial charge in [0.15, 0.2) is 0 Å². The number of hydrogen-bond donors (Lipinski definition) is 2. The molecular weight excluding hydrogens is 364 g/mol. The number of unbranched alkanes of at least 4 members (excludes halogenated alkanes) is 7. The number of hydrogen-bond acceptors (Lipinski definition) is 3. The van der Waals surface area contributed by atoms with Gasteiger partial charge in [-0.3, -0.25) is 4.79 Å². The summed E-state index contributed by atoms with van der Waals surface area (Å²) in [6, 6.07) is 9.99. The highest BCUT2D eigenvalue weighted by atomic mass is 16.5. The number of aliphatic hydroxyl groups is 1. The molecule has 1 rings (SSSR count). The van der Waals surface area contributed by atoms with Gasteiger partial charge in [-0.2, -0.15) is 0 Å². The number of benzene rings is 1. The highest BCUT2D eigenvalue weighted by molar-refractivity contribution is 5.66. The molecule has 2 atom stereocenters. The number of aliphatic carboxylic acids is 1. The zero-order valence-electron chi connectivity index (χ0n) is 18.4. The molecule has 0 radical (unpaired) electrons. The fraction of sp³-hybridized carbons (Fsp3) is 0.720. The Hall–Kier alpha value is -1.39. The second-order valence-electron chi connectivity index (χ2n) is 8.20. The maximum absolute atomic E-state index is 10.9. The summed E-state index contributed by atoms with van der Waals surface area (Å²) in [4.78, 5) is 10.9. The van der Waals surface area contributed by atoms with Crippen molar-refractivity contribution in [1.82, 2.24) is 0 Å². The van der Waals surface area contributed by atoms with Crippen LogP contribution in [0.3, 0.4) is 0 Å². The zero-order valence-corrected chi connectivity index (χ0v) is 18.4. The fourth-order valence-corrected chi connectivity index (χ4v) is 3.62. The van der Waals surface area contributed by atoms with Gasteiger partial charge >= 0.3 is 5.97 Å². The number of rotatable bonds is 19. The third-order valence-electron chi connectivity index (χ3n) is 5.46. The van der Waals surface area contributed by atoms with Crippen LogP contribution in [-0.2, 0) is 16.1 Å². The molecule has 0 bridgehead atoms. The summed E-state index contributed by atoms with van der Waals surface area (Å²) < 4.78 is 5.98. The third-order valence-corrected chi connectivity index (χ3v) is 5.46. The van der Waals surface area contributed by atoms with E-state index in [4.69, 9.17) is 9.84 Å². The third kappa shape index (κ3) is 15.2. The van der Waals surface area contributed by atoms with Gasteiger partial charge in [-0.25, -0.2) is 0 Å². The first-order valence-corrected chi connectivity index (χ1v) is 11.7. The van der Waals surface area contributed by atoms with Crippen LogP contribution in [-0.4, -0.2) is 28.4 Å². The molecule has 2 N–H and O–H groups in total. The minimum atomic E-state index is -0.775. The van der Waals surface area contributed by atoms with Gasteiger partial charge in [-0.05, 0) is 31.2 Å². The standard InChI is InChI=1S/C25H42O4/c1-2-3-4-5-6-7-11-16-23(26)17-12-13-18-24(19-20-25(27)28)29-21-22-14-9-8-10-15-22/h8-10,14-15,23-24,26H,2-7,11-13,16-21H2,1H3,(H,27,28). The van der Waals surface area contributed by atoms with Crippen LogP contribution in [0.15, 0.2) is 30.3 Å². The van der Waals surface area contributed by atoms with Crippen LogP contribution in [0.5, 0.6) is 0 Å². The summed E-state index contributed by atoms with van der Waals surface area (Å²) >= 11 is 0. The monoisotopic (exact) mass is 406 g/mol. The molecule has 1 aromatic carbocycles. The molecule has 0 aliphatic carbocycles. The molecule has 2 unspecified atom stereocenters. The summed E-state index contributed by atoms with van der Waals surface area (Å²) in [5, 5.41) is 19.1. The van der Waals surface area contributed by atoms with E-state index in [-0.39, 0.29) is 18.6 Å². The Morgan fingerprint density at radius 1 is 0.862 bits per heavy atom. The average molecular weight is 407 g/mol. The van der Waals surface area contributed by atoms with Crippen molar-refractivity contribution in [2.75, 3.05) is 0 Å². The van der Waals surface area contributed by atoms with Gasteiger partial charge in [-0.15, -0.1) is 0 Å². The molecule has 0 aliphatic heterocycles. The van der Waals surface area contributed by atoms with Crippen LogP contribution >= 0.6 is 0 Å². The smallest absolute Gasteiger partial charge is 0.303 e. The van der Waals surface area contributed by atoms with E-state index < -0.39 is 5.97 Å². The second-order valence-corrected chi connectivity index (χ2v) is 8.20. The van der Waals surface area contributed by atoms with E-state index in [9.17, 15) is 9.90 Å². The number of carboxylic acids is 1. The largest absolute Gasteiger partial charge is 0.481 e. The SMILES string of the molecule is CCCCCCCCCC(O)CCCCC(CCC(=O)O)OCc1ccccc1. The van der Waals surface area contributed by atoms with Gasteiger partial charge in [0.2, 0.25) is 0 Å². The lowest BCUT2D eigenvalue weighted by Gasteiger charge is -2.18. The van der Waals surface area contributed by atoms with Gasteiger partial charge < -0.3 is 14.9 Å². The number of ether oxygens (including phenoxy) is 1. The molecule has 1 aromatic rings. The molecule has 0 aromatic heterocycles. The van der Waals surface area contributed by atoms with Crippen molar-refractivity contribution in [1.29, 1.82) is 0 Å². The van der Waals surface area contributed by atoms with Crippen molar-refractivity contribution in [2.24, 2.45) is 0 Å². The van der Waals surface area contributed by atoms with E-state index in [1.807, 2.05) is 30.3 Å². The van der Waals surface area contributed by atoms with Crippen LogP contribution in [0.2, 0.25) is 0 Å². The van der Waals surface area contributed by atoms with Crippen molar-refractivity contribution in [3.63, 3.8) is 0 Å². The first-order chi connectivity index (χ1) is 14.1. The normalized spacial score (nSPS) is 13.3. The van der Waals surface area contributed by atoms with Crippen molar-refractivity contribution in [3.8, 4) is 0 Å². The van der Waals surface area contributed by atoms with Crippen molar-refractivity contribution in [2.45, 2.75) is 116 Å². The van der Waals surface area contributed by atoms with E-state index in [1.54, 1.807) is 0 Å². The van der Waals surface area contributed by atoms with E-state index in [1.165, 1.54) is 38.5 Å². The Morgan fingerprint density at radius 2 is 1.45 bits per heavy atom. The lowest BCUT2D eigenvalue weighted by atomic mass is 10.0. The van der Waals surface area contributed by atoms with Gasteiger partial charge in [-0.1, -0.05) is 95.0 Å². The number of carboxylic acid groups (broad SMARTS) is 1. The Bertz CT molecular complexity index is 503. The van der Waals surface area contributed by atoms with Gasteiger partial charge in [0.05, 0.1) is 18.8 Å². The fourth-order valence-electron chi connectivity index (χ4n) is 3.62. The van der Waals surface area contributed by atoms with Gasteiger partial charge in [0, 0.05) is 6.42 Å². The molecule has 0 saturated carbocycles. The zero-order chi connectivity index (χ0) is 21.2. The molecule has 0 amide bonds. The predicted octanol–water partition coefficient (Wildman–Crippen LogP) is 6.50. The molecule has 0 spiro atoms. The maximum atomic E-state index is 10.9. The van der Waals surface area contributed by atoms with Crippen LogP contribution in [0.4, 0.5) is 0 Å². The van der Waals surface area contributed by atoms with Crippen LogP contribution < -0.4 is 0 Å². The molecule has 0 aliphatic rings. The summed E-state index contributed by atoms with van der Waals surface area (Å²) in [6.07, 6.45) is 13.9. The van der Waals surface area contributed by atoms with E-state index >= 15 is 0 Å². The quantitative estimate of drug-likeness (QED) is 0.257. The number of aliphatic hydroxyl groups excluding tert-OH is 1. The summed E-state index contributed by atoms with van der Waals surface area (Å²) in [7, 11) is 0. The Balaban J connectivity index is 2.14. The van der Waals surface area contributed by atoms with Crippen molar-refractivity contribution >= 4 is 5.97 Å². The minimum Gasteiger partial charge on any atom is -0.481 e. The van der Waals surface area contributed by atoms with Crippen LogP contribution in [0.25, 0.3) is 0 Å². The second kappa shape index (κ2) is 17.5. The lowest BCUT2D eigenvalue weighted by molar-refractivity contribution is -0.138. The van der Waals surface area contributed by atoms with Gasteiger partial charge in [0.25, 0.3) is 0 Å². The van der Waals surface area contributed by atoms with E-state index in [0.29, 0.717) is 13.0 Å². The van der Waals surface area contributed by atoms with Gasteiger partial charge in [0.1, 0.15) is 0 Å². The lowest BCUT2D eigenvalue weighted by Crippen LogP contribution is -2.15. The Kier molecular flexibility index (Phi) is 15.4. The molecule has 4 nitrogen and oxygen atoms in total. The first-order valence-electron chi connectivity index (χ1n) is 11.7. The topological polar surface area (TPSA) is 66.8 Å². The minimum absolute atomic E-state index is 0.0356. The summed E-state index contributed by atoms with van der Waals surface area (Å²) in [6.45, 7) is 2.76. The summed E-state index contributed by atoms with van der Waals surface area (Å²) in [5.41, 5.74) is 1.11.